The molecule has 1 aromatic carbocycles. The Labute approximate surface area is 197 Å². The van der Waals surface area contributed by atoms with Gasteiger partial charge in [-0.15, -0.1) is 0 Å². The van der Waals surface area contributed by atoms with Crippen LogP contribution in [0.5, 0.6) is 5.88 Å². The van der Waals surface area contributed by atoms with E-state index in [9.17, 15) is 23.3 Å². The first-order chi connectivity index (χ1) is 16.6. The monoisotopic (exact) mass is 484 g/mol. The predicted molar refractivity (Wildman–Crippen MR) is 122 cm³/mol. The van der Waals surface area contributed by atoms with Gasteiger partial charge in [-0.2, -0.15) is 18.2 Å². The van der Waals surface area contributed by atoms with Crippen LogP contribution in [0.3, 0.4) is 0 Å². The number of nitrogens with one attached hydrogen (secondary N) is 1. The molecule has 1 atom stereocenters. The molecule has 0 saturated carbocycles. The van der Waals surface area contributed by atoms with Crippen molar-refractivity contribution in [2.45, 2.75) is 26.1 Å². The number of anilines is 1. The second kappa shape index (κ2) is 9.12. The van der Waals surface area contributed by atoms with Crippen LogP contribution in [0, 0.1) is 17.0 Å². The summed E-state index contributed by atoms with van der Waals surface area (Å²) in [5, 5.41) is 14.8. The van der Waals surface area contributed by atoms with E-state index in [1.807, 2.05) is 6.07 Å². The van der Waals surface area contributed by atoms with Gasteiger partial charge in [0.1, 0.15) is 11.6 Å². The average Bonchev–Trinajstić information content (AvgIpc) is 2.82. The summed E-state index contributed by atoms with van der Waals surface area (Å²) < 4.78 is 45.5. The minimum atomic E-state index is -4.74. The third-order valence-corrected chi connectivity index (χ3v) is 5.26. The molecule has 4 rings (SSSR count). The Kier molecular flexibility index (Phi) is 6.20. The fourth-order valence-corrected chi connectivity index (χ4v) is 3.58. The highest BCUT2D eigenvalue weighted by Gasteiger charge is 2.33. The number of hydrogen-bond donors (Lipinski definition) is 1. The van der Waals surface area contributed by atoms with Crippen LogP contribution in [0.1, 0.15) is 29.9 Å². The molecule has 0 aliphatic rings. The lowest BCUT2D eigenvalue weighted by Gasteiger charge is -2.19. The number of non-ortho nitro benzene ring substituents is 1. The SMILES string of the molecule is COc1nc2nc(C)nc(N[C@H](C)c3cc([N+](=O)[O-])cc(C(F)(F)F)c3)c2cc1-c1cccnc1. The normalized spacial score (nSPS) is 12.4. The second-order valence-electron chi connectivity index (χ2n) is 7.71. The lowest BCUT2D eigenvalue weighted by molar-refractivity contribution is -0.385. The van der Waals surface area contributed by atoms with Crippen molar-refractivity contribution in [1.82, 2.24) is 19.9 Å². The molecular formula is C23H19F3N6O3. The van der Waals surface area contributed by atoms with Crippen LogP contribution >= 0.6 is 0 Å². The van der Waals surface area contributed by atoms with Crippen molar-refractivity contribution < 1.29 is 22.8 Å². The molecule has 0 spiro atoms. The van der Waals surface area contributed by atoms with Crippen molar-refractivity contribution in [2.24, 2.45) is 0 Å². The van der Waals surface area contributed by atoms with Crippen LogP contribution in [0.15, 0.2) is 48.8 Å². The lowest BCUT2D eigenvalue weighted by Crippen LogP contribution is -2.13. The highest BCUT2D eigenvalue weighted by molar-refractivity contribution is 5.91. The zero-order valence-electron chi connectivity index (χ0n) is 18.8. The van der Waals surface area contributed by atoms with Gasteiger partial charge in [0, 0.05) is 35.7 Å². The van der Waals surface area contributed by atoms with Crippen molar-refractivity contribution >= 4 is 22.5 Å². The molecule has 1 N–H and O–H groups in total. The summed E-state index contributed by atoms with van der Waals surface area (Å²) in [6.07, 6.45) is -1.48. The Hall–Kier alpha value is -4.35. The number of nitro groups is 1. The molecule has 0 amide bonds. The van der Waals surface area contributed by atoms with E-state index in [1.54, 1.807) is 38.4 Å². The number of pyridine rings is 2. The lowest BCUT2D eigenvalue weighted by atomic mass is 10.0. The van der Waals surface area contributed by atoms with Crippen LogP contribution in [0.2, 0.25) is 0 Å². The maximum atomic E-state index is 13.4. The molecule has 3 heterocycles. The number of benzene rings is 1. The summed E-state index contributed by atoms with van der Waals surface area (Å²) in [6, 6.07) is 7.06. The molecule has 9 nitrogen and oxygen atoms in total. The number of nitrogens with zero attached hydrogens (tertiary/aromatic N) is 5. The molecule has 4 aromatic rings. The standard InChI is InChI=1S/C23H19F3N6O3/c1-12(15-7-16(23(24,25)26)9-17(8-15)32(33)34)28-20-19-10-18(14-5-4-6-27-11-14)22(35-3)31-21(19)30-13(2)29-20/h4-12H,1-3H3,(H,28,29,30,31)/t12-/m1/s1. The number of aryl methyl sites for hydroxylation is 1. The van der Waals surface area contributed by atoms with E-state index in [0.717, 1.165) is 17.7 Å². The largest absolute Gasteiger partial charge is 0.480 e. The Morgan fingerprint density at radius 2 is 1.91 bits per heavy atom. The van der Waals surface area contributed by atoms with Gasteiger partial charge < -0.3 is 10.1 Å². The van der Waals surface area contributed by atoms with Crippen LogP contribution in [-0.4, -0.2) is 32.0 Å². The number of hydrogen-bond acceptors (Lipinski definition) is 8. The van der Waals surface area contributed by atoms with Gasteiger partial charge in [-0.1, -0.05) is 6.07 Å². The van der Waals surface area contributed by atoms with Crippen molar-refractivity contribution in [3.8, 4) is 17.0 Å². The van der Waals surface area contributed by atoms with Crippen LogP contribution in [0.25, 0.3) is 22.2 Å². The number of nitro benzene ring substituents is 1. The first-order valence-electron chi connectivity index (χ1n) is 10.3. The van der Waals surface area contributed by atoms with Gasteiger partial charge in [0.05, 0.1) is 29.0 Å². The van der Waals surface area contributed by atoms with Crippen molar-refractivity contribution in [3.63, 3.8) is 0 Å². The summed E-state index contributed by atoms with van der Waals surface area (Å²) in [6.45, 7) is 3.23. The highest BCUT2D eigenvalue weighted by Crippen LogP contribution is 2.36. The third kappa shape index (κ3) is 4.95. The van der Waals surface area contributed by atoms with Crippen molar-refractivity contribution in [1.29, 1.82) is 0 Å². The number of alkyl halides is 3. The van der Waals surface area contributed by atoms with E-state index in [0.29, 0.717) is 40.2 Å². The zero-order chi connectivity index (χ0) is 25.3. The van der Waals surface area contributed by atoms with Gasteiger partial charge in [0.25, 0.3) is 5.69 Å². The van der Waals surface area contributed by atoms with Gasteiger partial charge in [-0.05, 0) is 37.6 Å². The van der Waals surface area contributed by atoms with E-state index in [4.69, 9.17) is 4.74 Å². The average molecular weight is 484 g/mol. The van der Waals surface area contributed by atoms with Crippen LogP contribution in [0.4, 0.5) is 24.7 Å². The summed E-state index contributed by atoms with van der Waals surface area (Å²) in [7, 11) is 1.48. The maximum Gasteiger partial charge on any atom is 0.416 e. The van der Waals surface area contributed by atoms with E-state index < -0.39 is 28.4 Å². The van der Waals surface area contributed by atoms with E-state index >= 15 is 0 Å². The Balaban J connectivity index is 1.82. The minimum absolute atomic E-state index is 0.0740. The molecule has 0 unspecified atom stereocenters. The fourth-order valence-electron chi connectivity index (χ4n) is 3.58. The van der Waals surface area contributed by atoms with E-state index in [1.165, 1.54) is 7.11 Å². The third-order valence-electron chi connectivity index (χ3n) is 5.26. The number of methoxy groups -OCH3 is 1. The fraction of sp³-hybridized carbons (Fsp3) is 0.217. The molecule has 0 aliphatic carbocycles. The van der Waals surface area contributed by atoms with Gasteiger partial charge >= 0.3 is 6.18 Å². The smallest absolute Gasteiger partial charge is 0.416 e. The zero-order valence-corrected chi connectivity index (χ0v) is 18.8. The molecule has 0 aliphatic heterocycles. The first-order valence-corrected chi connectivity index (χ1v) is 10.3. The Morgan fingerprint density at radius 1 is 1.14 bits per heavy atom. The molecule has 0 radical (unpaired) electrons. The molecule has 0 bridgehead atoms. The maximum absolute atomic E-state index is 13.4. The number of fused-ring (bicyclic) bond motifs is 1. The predicted octanol–water partition coefficient (Wildman–Crippen LogP) is 5.50. The Bertz CT molecular complexity index is 1410. The molecule has 12 heteroatoms. The molecular weight excluding hydrogens is 465 g/mol. The summed E-state index contributed by atoms with van der Waals surface area (Å²) >= 11 is 0. The van der Waals surface area contributed by atoms with Crippen molar-refractivity contribution in [3.05, 3.63) is 75.9 Å². The number of halogens is 3. The van der Waals surface area contributed by atoms with Gasteiger partial charge in [0.15, 0.2) is 5.65 Å². The summed E-state index contributed by atoms with van der Waals surface area (Å²) in [5.74, 6) is 0.988. The van der Waals surface area contributed by atoms with Gasteiger partial charge in [0.2, 0.25) is 5.88 Å². The van der Waals surface area contributed by atoms with E-state index in [2.05, 4.69) is 25.3 Å². The molecule has 3 aromatic heterocycles. The number of rotatable bonds is 6. The topological polar surface area (TPSA) is 116 Å². The van der Waals surface area contributed by atoms with Crippen LogP contribution < -0.4 is 10.1 Å². The number of aromatic nitrogens is 4. The van der Waals surface area contributed by atoms with Crippen molar-refractivity contribution in [2.75, 3.05) is 12.4 Å². The summed E-state index contributed by atoms with van der Waals surface area (Å²) in [5.41, 5.74) is -0.0313. The number of ether oxygens (including phenoxy) is 1. The van der Waals surface area contributed by atoms with E-state index in [-0.39, 0.29) is 5.56 Å². The summed E-state index contributed by atoms with van der Waals surface area (Å²) in [4.78, 5) is 27.7. The highest BCUT2D eigenvalue weighted by atomic mass is 19.4. The molecule has 35 heavy (non-hydrogen) atoms. The Morgan fingerprint density at radius 3 is 2.54 bits per heavy atom. The molecule has 0 fully saturated rings. The van der Waals surface area contributed by atoms with Gasteiger partial charge in [-0.3, -0.25) is 15.1 Å². The molecule has 0 saturated heterocycles. The first kappa shape index (κ1) is 23.8. The minimum Gasteiger partial charge on any atom is -0.480 e. The quantitative estimate of drug-likeness (QED) is 0.282. The van der Waals surface area contributed by atoms with Crippen LogP contribution in [-0.2, 0) is 6.18 Å². The molecule has 180 valence electrons. The second-order valence-corrected chi connectivity index (χ2v) is 7.71. The van der Waals surface area contributed by atoms with Gasteiger partial charge in [-0.25, -0.2) is 9.97 Å².